The van der Waals surface area contributed by atoms with E-state index in [1.807, 2.05) is 13.0 Å². The number of H-pyrrole nitrogens is 1. The van der Waals surface area contributed by atoms with Crippen molar-refractivity contribution in [2.75, 3.05) is 4.72 Å². The molecule has 32 heavy (non-hydrogen) atoms. The van der Waals surface area contributed by atoms with Gasteiger partial charge in [-0.25, -0.2) is 13.5 Å². The number of nitrogens with one attached hydrogen (secondary N) is 2. The minimum atomic E-state index is -3.88. The monoisotopic (exact) mass is 451 g/mol. The van der Waals surface area contributed by atoms with Crippen molar-refractivity contribution < 1.29 is 13.2 Å². The summed E-state index contributed by atoms with van der Waals surface area (Å²) < 4.78 is 29.1. The highest BCUT2D eigenvalue weighted by Gasteiger charge is 2.23. The average molecular weight is 452 g/mol. The molecular formula is C24H25N3O4S. The molecule has 2 aromatic carbocycles. The smallest absolute Gasteiger partial charge is 0.267 e. The van der Waals surface area contributed by atoms with Gasteiger partial charge in [-0.1, -0.05) is 19.1 Å². The lowest BCUT2D eigenvalue weighted by atomic mass is 9.89. The van der Waals surface area contributed by atoms with Gasteiger partial charge >= 0.3 is 0 Å². The Morgan fingerprint density at radius 2 is 1.75 bits per heavy atom. The standard InChI is InChI=1S/C24H25N3O4S/c1-3-16-8-9-18(23-20-6-4-5-7-21(20)24(29)26-25-23)14-22(16)32(30,31)27-19-12-10-17(11-13-19)15(2)28/h8-14,27H,3-7H2,1-2H3,(H,26,29). The number of aryl methyl sites for hydroxylation is 1. The number of Topliss-reactive ketones (excluding diaryl/α,β-unsaturated/α-hetero) is 1. The zero-order chi connectivity index (χ0) is 22.9. The van der Waals surface area contributed by atoms with E-state index in [0.717, 1.165) is 30.4 Å². The number of anilines is 1. The number of hydrogen-bond acceptors (Lipinski definition) is 5. The lowest BCUT2D eigenvalue weighted by Crippen LogP contribution is -2.21. The van der Waals surface area contributed by atoms with E-state index in [0.29, 0.717) is 40.9 Å². The van der Waals surface area contributed by atoms with Gasteiger partial charge in [0.15, 0.2) is 5.78 Å². The Morgan fingerprint density at radius 3 is 2.41 bits per heavy atom. The molecule has 0 saturated carbocycles. The number of sulfonamides is 1. The van der Waals surface area contributed by atoms with Crippen LogP contribution in [0.1, 0.15) is 53.7 Å². The lowest BCUT2D eigenvalue weighted by molar-refractivity contribution is 0.101. The van der Waals surface area contributed by atoms with Gasteiger partial charge in [0.1, 0.15) is 0 Å². The summed E-state index contributed by atoms with van der Waals surface area (Å²) in [5, 5.41) is 6.84. The van der Waals surface area contributed by atoms with Crippen molar-refractivity contribution in [1.29, 1.82) is 0 Å². The minimum absolute atomic E-state index is 0.0860. The Labute approximate surface area is 187 Å². The first kappa shape index (κ1) is 22.0. The Hall–Kier alpha value is -3.26. The van der Waals surface area contributed by atoms with Crippen LogP contribution in [0.4, 0.5) is 5.69 Å². The van der Waals surface area contributed by atoms with Crippen molar-refractivity contribution in [3.8, 4) is 11.3 Å². The molecule has 4 rings (SSSR count). The number of rotatable bonds is 6. The molecule has 1 aliphatic rings. The van der Waals surface area contributed by atoms with E-state index in [1.54, 1.807) is 36.4 Å². The molecule has 1 aromatic heterocycles. The van der Waals surface area contributed by atoms with E-state index in [-0.39, 0.29) is 16.2 Å². The van der Waals surface area contributed by atoms with E-state index in [2.05, 4.69) is 14.9 Å². The largest absolute Gasteiger partial charge is 0.295 e. The summed E-state index contributed by atoms with van der Waals surface area (Å²) in [6, 6.07) is 11.6. The maximum atomic E-state index is 13.3. The Morgan fingerprint density at radius 1 is 1.06 bits per heavy atom. The number of benzene rings is 2. The first-order valence-electron chi connectivity index (χ1n) is 10.7. The van der Waals surface area contributed by atoms with E-state index in [1.165, 1.54) is 6.92 Å². The quantitative estimate of drug-likeness (QED) is 0.553. The normalized spacial score (nSPS) is 13.4. The van der Waals surface area contributed by atoms with Gasteiger partial charge in [0.2, 0.25) is 0 Å². The molecule has 8 heteroatoms. The van der Waals surface area contributed by atoms with Gasteiger partial charge in [-0.3, -0.25) is 14.3 Å². The third kappa shape index (κ3) is 4.23. The fourth-order valence-corrected chi connectivity index (χ4v) is 5.52. The van der Waals surface area contributed by atoms with Crippen LogP contribution in [0.3, 0.4) is 0 Å². The maximum absolute atomic E-state index is 13.3. The first-order chi connectivity index (χ1) is 15.3. The van der Waals surface area contributed by atoms with E-state index in [4.69, 9.17) is 0 Å². The van der Waals surface area contributed by atoms with E-state index in [9.17, 15) is 18.0 Å². The van der Waals surface area contributed by atoms with Crippen LogP contribution in [0.2, 0.25) is 0 Å². The van der Waals surface area contributed by atoms with Gasteiger partial charge < -0.3 is 0 Å². The summed E-state index contributed by atoms with van der Waals surface area (Å²) in [6.45, 7) is 3.36. The van der Waals surface area contributed by atoms with Crippen molar-refractivity contribution in [1.82, 2.24) is 10.2 Å². The number of aromatic nitrogens is 2. The number of carbonyl (C=O) groups excluding carboxylic acids is 1. The van der Waals surface area contributed by atoms with Crippen LogP contribution in [-0.4, -0.2) is 24.4 Å². The molecule has 0 spiro atoms. The summed E-state index contributed by atoms with van der Waals surface area (Å²) >= 11 is 0. The average Bonchev–Trinajstić information content (AvgIpc) is 2.79. The zero-order valence-electron chi connectivity index (χ0n) is 18.1. The second kappa shape index (κ2) is 8.70. The molecule has 3 aromatic rings. The zero-order valence-corrected chi connectivity index (χ0v) is 18.9. The molecular weight excluding hydrogens is 426 g/mol. The number of ketones is 1. The third-order valence-corrected chi connectivity index (χ3v) is 7.32. The molecule has 166 valence electrons. The van der Waals surface area contributed by atoms with E-state index < -0.39 is 10.0 Å². The molecule has 0 bridgehead atoms. The van der Waals surface area contributed by atoms with Crippen molar-refractivity contribution >= 4 is 21.5 Å². The SMILES string of the molecule is CCc1ccc(-c2n[nH]c(=O)c3c2CCCC3)cc1S(=O)(=O)Nc1ccc(C(C)=O)cc1. The van der Waals surface area contributed by atoms with Crippen LogP contribution >= 0.6 is 0 Å². The van der Waals surface area contributed by atoms with Crippen molar-refractivity contribution in [3.05, 3.63) is 75.1 Å². The van der Waals surface area contributed by atoms with Gasteiger partial charge in [-0.2, -0.15) is 5.10 Å². The number of aromatic amines is 1. The molecule has 0 unspecified atom stereocenters. The predicted molar refractivity (Wildman–Crippen MR) is 124 cm³/mol. The fraction of sp³-hybridized carbons (Fsp3) is 0.292. The fourth-order valence-electron chi connectivity index (χ4n) is 4.12. The van der Waals surface area contributed by atoms with Crippen LogP contribution < -0.4 is 10.3 Å². The highest BCUT2D eigenvalue weighted by atomic mass is 32.2. The molecule has 0 aliphatic heterocycles. The van der Waals surface area contributed by atoms with Crippen molar-refractivity contribution in [2.45, 2.75) is 50.8 Å². The minimum Gasteiger partial charge on any atom is -0.295 e. The Bertz CT molecular complexity index is 1340. The molecule has 0 amide bonds. The summed E-state index contributed by atoms with van der Waals surface area (Å²) in [5.74, 6) is -0.0860. The van der Waals surface area contributed by atoms with Crippen LogP contribution in [0.5, 0.6) is 0 Å². The first-order valence-corrected chi connectivity index (χ1v) is 12.2. The topological polar surface area (TPSA) is 109 Å². The Kier molecular flexibility index (Phi) is 5.97. The molecule has 0 atom stereocenters. The number of hydrogen-bond donors (Lipinski definition) is 2. The van der Waals surface area contributed by atoms with Crippen LogP contribution in [0, 0.1) is 0 Å². The Balaban J connectivity index is 1.76. The molecule has 1 aliphatic carbocycles. The van der Waals surface area contributed by atoms with Crippen LogP contribution in [0.25, 0.3) is 11.3 Å². The molecule has 0 saturated heterocycles. The molecule has 0 fully saturated rings. The third-order valence-electron chi connectivity index (χ3n) is 5.85. The number of nitrogens with zero attached hydrogens (tertiary/aromatic N) is 1. The van der Waals surface area contributed by atoms with Crippen LogP contribution in [0.15, 0.2) is 52.2 Å². The number of carbonyl (C=O) groups is 1. The van der Waals surface area contributed by atoms with Crippen molar-refractivity contribution in [2.24, 2.45) is 0 Å². The highest BCUT2D eigenvalue weighted by Crippen LogP contribution is 2.31. The molecule has 0 radical (unpaired) electrons. The van der Waals surface area contributed by atoms with Gasteiger partial charge in [0.25, 0.3) is 15.6 Å². The summed E-state index contributed by atoms with van der Waals surface area (Å²) in [5.41, 5.74) is 4.33. The maximum Gasteiger partial charge on any atom is 0.267 e. The lowest BCUT2D eigenvalue weighted by Gasteiger charge is -2.18. The van der Waals surface area contributed by atoms with E-state index >= 15 is 0 Å². The summed E-state index contributed by atoms with van der Waals surface area (Å²) in [6.07, 6.45) is 3.93. The number of fused-ring (bicyclic) bond motifs is 1. The van der Waals surface area contributed by atoms with Gasteiger partial charge in [-0.05, 0) is 80.5 Å². The van der Waals surface area contributed by atoms with Gasteiger partial charge in [0, 0.05) is 22.4 Å². The van der Waals surface area contributed by atoms with Gasteiger partial charge in [-0.15, -0.1) is 0 Å². The summed E-state index contributed by atoms with van der Waals surface area (Å²) in [7, 11) is -3.88. The van der Waals surface area contributed by atoms with Gasteiger partial charge in [0.05, 0.1) is 10.6 Å². The van der Waals surface area contributed by atoms with Crippen LogP contribution in [-0.2, 0) is 29.3 Å². The second-order valence-corrected chi connectivity index (χ2v) is 9.63. The summed E-state index contributed by atoms with van der Waals surface area (Å²) in [4.78, 5) is 23.8. The molecule has 2 N–H and O–H groups in total. The molecule has 7 nitrogen and oxygen atoms in total. The highest BCUT2D eigenvalue weighted by molar-refractivity contribution is 7.92. The van der Waals surface area contributed by atoms with Crippen molar-refractivity contribution in [3.63, 3.8) is 0 Å². The predicted octanol–water partition coefficient (Wildman–Crippen LogP) is 3.88. The molecule has 1 heterocycles. The second-order valence-electron chi connectivity index (χ2n) is 7.98.